The van der Waals surface area contributed by atoms with Gasteiger partial charge in [0.2, 0.25) is 0 Å². The Morgan fingerprint density at radius 1 is 0.946 bits per heavy atom. The molecule has 0 aliphatic carbocycles. The van der Waals surface area contributed by atoms with Gasteiger partial charge in [-0.05, 0) is 75.1 Å². The van der Waals surface area contributed by atoms with Crippen LogP contribution in [0.3, 0.4) is 0 Å². The highest BCUT2D eigenvalue weighted by atomic mass is 15.5. The van der Waals surface area contributed by atoms with E-state index in [9.17, 15) is 0 Å². The molecule has 2 unspecified atom stereocenters. The van der Waals surface area contributed by atoms with Crippen LogP contribution in [-0.2, 0) is 13.6 Å². The van der Waals surface area contributed by atoms with E-state index in [0.717, 1.165) is 65.1 Å². The van der Waals surface area contributed by atoms with Crippen LogP contribution in [0.2, 0.25) is 0 Å². The fourth-order valence-corrected chi connectivity index (χ4v) is 6.51. The second-order valence-corrected chi connectivity index (χ2v) is 10.7. The molecule has 1 fully saturated rings. The molecule has 0 bridgehead atoms. The minimum absolute atomic E-state index is 0.168. The van der Waals surface area contributed by atoms with Crippen LogP contribution in [0.25, 0.3) is 10.9 Å². The van der Waals surface area contributed by atoms with Crippen LogP contribution in [0.1, 0.15) is 50.4 Å². The molecule has 2 atom stereocenters. The minimum atomic E-state index is -0.199. The Balaban J connectivity index is 1.27. The largest absolute Gasteiger partial charge is 0.350 e. The molecule has 2 aromatic carbocycles. The summed E-state index contributed by atoms with van der Waals surface area (Å²) in [5, 5.41) is 1.32. The number of nitrogens with zero attached hydrogens (tertiary/aromatic N) is 5. The molecule has 0 spiro atoms. The summed E-state index contributed by atoms with van der Waals surface area (Å²) in [6, 6.07) is 17.8. The smallest absolute Gasteiger partial charge is 0.136 e. The molecule has 7 nitrogen and oxygen atoms in total. The highest BCUT2D eigenvalue weighted by Gasteiger charge is 2.40. The first kappa shape index (κ1) is 26.2. The predicted octanol–water partition coefficient (Wildman–Crippen LogP) is 3.90. The summed E-state index contributed by atoms with van der Waals surface area (Å²) in [5.41, 5.74) is 19.1. The molecule has 3 heterocycles. The lowest BCUT2D eigenvalue weighted by Gasteiger charge is -2.51. The van der Waals surface area contributed by atoms with Gasteiger partial charge in [-0.15, -0.1) is 0 Å². The van der Waals surface area contributed by atoms with Crippen molar-refractivity contribution in [1.29, 1.82) is 0 Å². The normalized spacial score (nSPS) is 21.7. The molecular formula is C30H45N7. The number of likely N-dealkylation sites (tertiary alicyclic amines) is 1. The summed E-state index contributed by atoms with van der Waals surface area (Å²) < 4.78 is 2.25. The number of rotatable bonds is 9. The minimum Gasteiger partial charge on any atom is -0.350 e. The number of hydrogen-bond acceptors (Lipinski definition) is 6. The van der Waals surface area contributed by atoms with Gasteiger partial charge in [-0.2, -0.15) is 0 Å². The molecule has 0 amide bonds. The zero-order chi connectivity index (χ0) is 25.9. The highest BCUT2D eigenvalue weighted by Crippen LogP contribution is 2.38. The quantitative estimate of drug-likeness (QED) is 0.462. The van der Waals surface area contributed by atoms with Gasteiger partial charge in [0.25, 0.3) is 0 Å². The Morgan fingerprint density at radius 2 is 1.70 bits per heavy atom. The van der Waals surface area contributed by atoms with Gasteiger partial charge in [0, 0.05) is 43.6 Å². The van der Waals surface area contributed by atoms with Gasteiger partial charge in [-0.3, -0.25) is 10.6 Å². The van der Waals surface area contributed by atoms with Crippen LogP contribution in [0.15, 0.2) is 54.7 Å². The molecule has 0 saturated carbocycles. The Labute approximate surface area is 222 Å². The van der Waals surface area contributed by atoms with Gasteiger partial charge in [0.15, 0.2) is 0 Å². The van der Waals surface area contributed by atoms with Gasteiger partial charge in [-0.25, -0.2) is 4.90 Å². The number of anilines is 1. The Morgan fingerprint density at radius 3 is 2.46 bits per heavy atom. The van der Waals surface area contributed by atoms with Gasteiger partial charge in [0.1, 0.15) is 6.29 Å². The first-order valence-corrected chi connectivity index (χ1v) is 14.1. The van der Waals surface area contributed by atoms with Crippen LogP contribution >= 0.6 is 0 Å². The van der Waals surface area contributed by atoms with E-state index >= 15 is 0 Å². The predicted molar refractivity (Wildman–Crippen MR) is 154 cm³/mol. The number of hydrogen-bond donors (Lipinski definition) is 2. The van der Waals surface area contributed by atoms with E-state index in [1.807, 2.05) is 0 Å². The van der Waals surface area contributed by atoms with E-state index in [2.05, 4.69) is 99.8 Å². The molecule has 200 valence electrons. The van der Waals surface area contributed by atoms with Crippen molar-refractivity contribution >= 4 is 16.6 Å². The summed E-state index contributed by atoms with van der Waals surface area (Å²) >= 11 is 0. The second-order valence-electron chi connectivity index (χ2n) is 10.7. The first-order chi connectivity index (χ1) is 18.0. The van der Waals surface area contributed by atoms with E-state index in [0.29, 0.717) is 6.04 Å². The van der Waals surface area contributed by atoms with Crippen molar-refractivity contribution in [3.05, 3.63) is 65.9 Å². The first-order valence-electron chi connectivity index (χ1n) is 14.1. The summed E-state index contributed by atoms with van der Waals surface area (Å²) in [4.78, 5) is 9.87. The third-order valence-corrected chi connectivity index (χ3v) is 8.63. The summed E-state index contributed by atoms with van der Waals surface area (Å²) in [6.45, 7) is 11.8. The maximum absolute atomic E-state index is 7.01. The van der Waals surface area contributed by atoms with E-state index in [-0.39, 0.29) is 12.5 Å². The van der Waals surface area contributed by atoms with Crippen molar-refractivity contribution in [2.24, 2.45) is 18.5 Å². The van der Waals surface area contributed by atoms with Crippen molar-refractivity contribution < 1.29 is 0 Å². The molecule has 5 rings (SSSR count). The number of nitrogens with two attached hydrogens (primary N) is 2. The molecule has 3 aromatic rings. The highest BCUT2D eigenvalue weighted by molar-refractivity contribution is 5.83. The zero-order valence-corrected chi connectivity index (χ0v) is 22.9. The number of benzene rings is 2. The van der Waals surface area contributed by atoms with Crippen molar-refractivity contribution in [2.75, 3.05) is 44.2 Å². The summed E-state index contributed by atoms with van der Waals surface area (Å²) in [5.74, 6) is 0. The second kappa shape index (κ2) is 11.5. The molecule has 1 saturated heterocycles. The lowest BCUT2D eigenvalue weighted by Crippen LogP contribution is -2.64. The molecule has 2 aliphatic heterocycles. The molecular weight excluding hydrogens is 458 g/mol. The summed E-state index contributed by atoms with van der Waals surface area (Å²) in [6.07, 6.45) is 5.05. The molecule has 0 radical (unpaired) electrons. The maximum Gasteiger partial charge on any atom is 0.136 e. The van der Waals surface area contributed by atoms with Crippen molar-refractivity contribution in [3.8, 4) is 0 Å². The molecule has 1 aromatic heterocycles. The SMILES string of the molecule is CCN(CC)CCCN1c2ccccc2C(N)N(C2CCN(Cc3cccc4ccn(C)c34)CC2)C1N. The number of piperidine rings is 1. The van der Waals surface area contributed by atoms with E-state index in [4.69, 9.17) is 11.5 Å². The van der Waals surface area contributed by atoms with Crippen LogP contribution in [0.5, 0.6) is 0 Å². The van der Waals surface area contributed by atoms with Crippen molar-refractivity contribution in [3.63, 3.8) is 0 Å². The lowest BCUT2D eigenvalue weighted by molar-refractivity contribution is 0.0284. The zero-order valence-electron chi connectivity index (χ0n) is 22.9. The van der Waals surface area contributed by atoms with Crippen LogP contribution in [-0.4, -0.2) is 70.9 Å². The lowest BCUT2D eigenvalue weighted by atomic mass is 9.97. The molecule has 37 heavy (non-hydrogen) atoms. The average molecular weight is 504 g/mol. The molecule has 7 heteroatoms. The fourth-order valence-electron chi connectivity index (χ4n) is 6.51. The van der Waals surface area contributed by atoms with E-state index in [1.54, 1.807) is 0 Å². The van der Waals surface area contributed by atoms with Crippen molar-refractivity contribution in [1.82, 2.24) is 19.3 Å². The average Bonchev–Trinajstić information content (AvgIpc) is 3.31. The fraction of sp³-hybridized carbons (Fsp3) is 0.533. The van der Waals surface area contributed by atoms with E-state index in [1.165, 1.54) is 27.7 Å². The van der Waals surface area contributed by atoms with Crippen LogP contribution in [0, 0.1) is 0 Å². The van der Waals surface area contributed by atoms with Crippen LogP contribution in [0.4, 0.5) is 5.69 Å². The topological polar surface area (TPSA) is 69.9 Å². The van der Waals surface area contributed by atoms with Gasteiger partial charge >= 0.3 is 0 Å². The number of fused-ring (bicyclic) bond motifs is 2. The van der Waals surface area contributed by atoms with Crippen LogP contribution < -0.4 is 16.4 Å². The van der Waals surface area contributed by atoms with Gasteiger partial charge in [-0.1, -0.05) is 50.2 Å². The number of para-hydroxylation sites is 2. The van der Waals surface area contributed by atoms with Gasteiger partial charge in [0.05, 0.1) is 11.7 Å². The Bertz CT molecular complexity index is 1160. The number of aromatic nitrogens is 1. The Hall–Kier alpha value is -2.42. The Kier molecular flexibility index (Phi) is 8.17. The standard InChI is InChI=1S/C30H45N7/c1-4-34(5-2)17-9-18-36-27-13-7-6-12-26(27)29(31)37(30(36)32)25-15-20-35(21-16-25)22-24-11-8-10-23-14-19-33(3)28(23)24/h6-8,10-14,19,25,29-30H,4-5,9,15-18,20-22,31-32H2,1-3H3. The molecule has 2 aliphatic rings. The van der Waals surface area contributed by atoms with Crippen molar-refractivity contribution in [2.45, 2.75) is 58.2 Å². The van der Waals surface area contributed by atoms with E-state index < -0.39 is 0 Å². The maximum atomic E-state index is 7.01. The van der Waals surface area contributed by atoms with Gasteiger partial charge < -0.3 is 20.1 Å². The monoisotopic (exact) mass is 503 g/mol. The third-order valence-electron chi connectivity index (χ3n) is 8.63. The third kappa shape index (κ3) is 5.29. The molecule has 4 N–H and O–H groups in total. The number of aryl methyl sites for hydroxylation is 1. The summed E-state index contributed by atoms with van der Waals surface area (Å²) in [7, 11) is 2.14.